The molecule has 0 aromatic heterocycles. The molecule has 3 nitrogen and oxygen atoms in total. The molecule has 0 amide bonds. The second-order valence-electron chi connectivity index (χ2n) is 3.92. The molecule has 13 heavy (non-hydrogen) atoms. The van der Waals surface area contributed by atoms with E-state index < -0.39 is 0 Å². The van der Waals surface area contributed by atoms with E-state index in [0.29, 0.717) is 6.42 Å². The fraction of sp³-hybridized carbons (Fsp3) is 1.00. The molecule has 0 aromatic rings. The third-order valence-corrected chi connectivity index (χ3v) is 2.02. The molecule has 0 aliphatic carbocycles. The highest BCUT2D eigenvalue weighted by molar-refractivity contribution is 4.75. The van der Waals surface area contributed by atoms with Gasteiger partial charge < -0.3 is 14.9 Å². The van der Waals surface area contributed by atoms with Gasteiger partial charge in [0.15, 0.2) is 0 Å². The Bertz CT molecular complexity index is 125. The van der Waals surface area contributed by atoms with Crippen molar-refractivity contribution in [3.05, 3.63) is 0 Å². The number of aliphatic hydroxyl groups excluding tert-OH is 2. The summed E-state index contributed by atoms with van der Waals surface area (Å²) < 4.78 is 5.71. The number of rotatable bonds is 7. The molecule has 0 aliphatic heterocycles. The van der Waals surface area contributed by atoms with E-state index in [9.17, 15) is 0 Å². The molecule has 0 rings (SSSR count). The lowest BCUT2D eigenvalue weighted by Gasteiger charge is -2.31. The van der Waals surface area contributed by atoms with Crippen LogP contribution in [0.15, 0.2) is 0 Å². The average Bonchev–Trinajstić information content (AvgIpc) is 2.00. The van der Waals surface area contributed by atoms with E-state index >= 15 is 0 Å². The third kappa shape index (κ3) is 6.02. The predicted molar refractivity (Wildman–Crippen MR) is 52.6 cm³/mol. The zero-order valence-electron chi connectivity index (χ0n) is 8.92. The quantitative estimate of drug-likeness (QED) is 0.636. The summed E-state index contributed by atoms with van der Waals surface area (Å²) in [5.74, 6) is 0. The molecule has 1 unspecified atom stereocenters. The molecular formula is C10H22O3. The monoisotopic (exact) mass is 190 g/mol. The van der Waals surface area contributed by atoms with E-state index in [1.54, 1.807) is 0 Å². The minimum Gasteiger partial charge on any atom is -0.396 e. The topological polar surface area (TPSA) is 49.7 Å². The van der Waals surface area contributed by atoms with Gasteiger partial charge in [0, 0.05) is 13.2 Å². The zero-order chi connectivity index (χ0) is 10.3. The fourth-order valence-corrected chi connectivity index (χ4v) is 1.50. The van der Waals surface area contributed by atoms with E-state index in [2.05, 4.69) is 0 Å². The van der Waals surface area contributed by atoms with Crippen molar-refractivity contribution in [3.63, 3.8) is 0 Å². The third-order valence-electron chi connectivity index (χ3n) is 2.02. The summed E-state index contributed by atoms with van der Waals surface area (Å²) in [5, 5.41) is 17.6. The Morgan fingerprint density at radius 2 is 1.77 bits per heavy atom. The van der Waals surface area contributed by atoms with Crippen LogP contribution in [-0.2, 0) is 4.74 Å². The van der Waals surface area contributed by atoms with Gasteiger partial charge in [-0.3, -0.25) is 0 Å². The van der Waals surface area contributed by atoms with Gasteiger partial charge in [-0.1, -0.05) is 0 Å². The first-order valence-electron chi connectivity index (χ1n) is 4.93. The van der Waals surface area contributed by atoms with E-state index in [1.165, 1.54) is 0 Å². The molecule has 0 aliphatic rings. The lowest BCUT2D eigenvalue weighted by molar-refractivity contribution is -0.0867. The van der Waals surface area contributed by atoms with Crippen molar-refractivity contribution >= 4 is 0 Å². The van der Waals surface area contributed by atoms with Crippen LogP contribution in [0.3, 0.4) is 0 Å². The first kappa shape index (κ1) is 12.9. The molecule has 0 fully saturated rings. The summed E-state index contributed by atoms with van der Waals surface area (Å²) in [6, 6.07) is 0. The Labute approximate surface area is 80.7 Å². The van der Waals surface area contributed by atoms with Crippen LogP contribution < -0.4 is 0 Å². The maximum absolute atomic E-state index is 8.87. The molecular weight excluding hydrogens is 168 g/mol. The van der Waals surface area contributed by atoms with Crippen LogP contribution >= 0.6 is 0 Å². The summed E-state index contributed by atoms with van der Waals surface area (Å²) in [5.41, 5.74) is -0.286. The van der Waals surface area contributed by atoms with Crippen LogP contribution in [0.25, 0.3) is 0 Å². The molecule has 3 heteroatoms. The van der Waals surface area contributed by atoms with Crippen molar-refractivity contribution in [2.75, 3.05) is 13.2 Å². The number of ether oxygens (including phenoxy) is 1. The summed E-state index contributed by atoms with van der Waals surface area (Å²) in [7, 11) is 0. The second kappa shape index (κ2) is 6.35. The molecule has 0 bridgehead atoms. The van der Waals surface area contributed by atoms with Crippen molar-refractivity contribution in [2.45, 2.75) is 51.7 Å². The van der Waals surface area contributed by atoms with Crippen molar-refractivity contribution in [1.29, 1.82) is 0 Å². The van der Waals surface area contributed by atoms with Gasteiger partial charge in [0.25, 0.3) is 0 Å². The Balaban J connectivity index is 3.99. The van der Waals surface area contributed by atoms with Crippen molar-refractivity contribution in [1.82, 2.24) is 0 Å². The van der Waals surface area contributed by atoms with Gasteiger partial charge in [-0.25, -0.2) is 0 Å². The number of hydrogen-bond donors (Lipinski definition) is 2. The van der Waals surface area contributed by atoms with Crippen LogP contribution in [0.4, 0.5) is 0 Å². The van der Waals surface area contributed by atoms with E-state index in [0.717, 1.165) is 12.8 Å². The van der Waals surface area contributed by atoms with Gasteiger partial charge in [0.2, 0.25) is 0 Å². The van der Waals surface area contributed by atoms with Gasteiger partial charge in [0.1, 0.15) is 0 Å². The van der Waals surface area contributed by atoms with Crippen LogP contribution in [0, 0.1) is 0 Å². The summed E-state index contributed by atoms with van der Waals surface area (Å²) in [6.45, 7) is 6.26. The Kier molecular flexibility index (Phi) is 6.29. The molecule has 2 N–H and O–H groups in total. The Hall–Kier alpha value is -0.120. The van der Waals surface area contributed by atoms with Crippen molar-refractivity contribution in [3.8, 4) is 0 Å². The molecule has 0 saturated carbocycles. The van der Waals surface area contributed by atoms with E-state index in [1.807, 2.05) is 20.8 Å². The van der Waals surface area contributed by atoms with Gasteiger partial charge in [-0.2, -0.15) is 0 Å². The Morgan fingerprint density at radius 3 is 2.15 bits per heavy atom. The van der Waals surface area contributed by atoms with Crippen molar-refractivity contribution < 1.29 is 14.9 Å². The predicted octanol–water partition coefficient (Wildman–Crippen LogP) is 1.32. The van der Waals surface area contributed by atoms with E-state index in [-0.39, 0.29) is 24.9 Å². The van der Waals surface area contributed by atoms with Gasteiger partial charge >= 0.3 is 0 Å². The zero-order valence-corrected chi connectivity index (χ0v) is 8.92. The molecule has 0 aromatic carbocycles. The van der Waals surface area contributed by atoms with Gasteiger partial charge in [-0.15, -0.1) is 0 Å². The molecule has 0 radical (unpaired) electrons. The van der Waals surface area contributed by atoms with Crippen molar-refractivity contribution in [2.24, 2.45) is 0 Å². The lowest BCUT2D eigenvalue weighted by Crippen LogP contribution is -2.33. The maximum Gasteiger partial charge on any atom is 0.0680 e. The lowest BCUT2D eigenvalue weighted by atomic mass is 9.96. The largest absolute Gasteiger partial charge is 0.396 e. The highest BCUT2D eigenvalue weighted by Gasteiger charge is 2.24. The first-order valence-corrected chi connectivity index (χ1v) is 4.93. The number of hydrogen-bond acceptors (Lipinski definition) is 3. The molecule has 80 valence electrons. The SMILES string of the molecule is CC(C)OC(C)(CCO)CCCO. The highest BCUT2D eigenvalue weighted by atomic mass is 16.5. The smallest absolute Gasteiger partial charge is 0.0680 e. The van der Waals surface area contributed by atoms with Gasteiger partial charge in [-0.05, 0) is 40.0 Å². The van der Waals surface area contributed by atoms with E-state index in [4.69, 9.17) is 14.9 Å². The fourth-order valence-electron chi connectivity index (χ4n) is 1.50. The van der Waals surface area contributed by atoms with Crippen LogP contribution in [0.1, 0.15) is 40.0 Å². The minimum absolute atomic E-state index is 0.134. The average molecular weight is 190 g/mol. The maximum atomic E-state index is 8.87. The highest BCUT2D eigenvalue weighted by Crippen LogP contribution is 2.23. The second-order valence-corrected chi connectivity index (χ2v) is 3.92. The number of aliphatic hydroxyl groups is 2. The van der Waals surface area contributed by atoms with Gasteiger partial charge in [0.05, 0.1) is 11.7 Å². The molecule has 0 spiro atoms. The normalized spacial score (nSPS) is 16.2. The summed E-state index contributed by atoms with van der Waals surface area (Å²) in [4.78, 5) is 0. The van der Waals surface area contributed by atoms with Crippen LogP contribution in [0.2, 0.25) is 0 Å². The first-order chi connectivity index (χ1) is 6.04. The molecule has 0 heterocycles. The minimum atomic E-state index is -0.286. The summed E-state index contributed by atoms with van der Waals surface area (Å²) >= 11 is 0. The van der Waals surface area contributed by atoms with Crippen LogP contribution in [-0.4, -0.2) is 35.1 Å². The summed E-state index contributed by atoms with van der Waals surface area (Å²) in [6.07, 6.45) is 2.31. The molecule has 1 atom stereocenters. The van der Waals surface area contributed by atoms with Crippen LogP contribution in [0.5, 0.6) is 0 Å². The molecule has 0 saturated heterocycles. The Morgan fingerprint density at radius 1 is 1.15 bits per heavy atom. The standard InChI is InChI=1S/C10H22O3/c1-9(2)13-10(3,6-8-12)5-4-7-11/h9,11-12H,4-8H2,1-3H3.